The Labute approximate surface area is 104 Å². The van der Waals surface area contributed by atoms with Crippen molar-refractivity contribution in [2.24, 2.45) is 5.92 Å². The molecule has 0 fully saturated rings. The van der Waals surface area contributed by atoms with Crippen LogP contribution in [0, 0.1) is 12.8 Å². The van der Waals surface area contributed by atoms with E-state index in [-0.39, 0.29) is 0 Å². The molecule has 4 N–H and O–H groups in total. The molecule has 3 nitrogen and oxygen atoms in total. The first-order valence-electron chi connectivity index (χ1n) is 6.25. The van der Waals surface area contributed by atoms with Gasteiger partial charge >= 0.3 is 0 Å². The molecule has 1 atom stereocenters. The van der Waals surface area contributed by atoms with E-state index in [0.29, 0.717) is 12.5 Å². The summed E-state index contributed by atoms with van der Waals surface area (Å²) in [6.45, 7) is 7.87. The molecule has 0 amide bonds. The second kappa shape index (κ2) is 6.62. The number of benzene rings is 1. The lowest BCUT2D eigenvalue weighted by Gasteiger charge is -2.14. The lowest BCUT2D eigenvalue weighted by Crippen LogP contribution is -2.23. The number of rotatable bonds is 6. The number of nitrogens with two attached hydrogens (primary N) is 1. The summed E-state index contributed by atoms with van der Waals surface area (Å²) in [5.74, 6) is 0.690. The molecule has 0 saturated heterocycles. The summed E-state index contributed by atoms with van der Waals surface area (Å²) in [6.07, 6.45) is 0.646. The minimum atomic E-state index is -0.481. The average Bonchev–Trinajstić information content (AvgIpc) is 2.27. The van der Waals surface area contributed by atoms with Gasteiger partial charge in [0.2, 0.25) is 0 Å². The van der Waals surface area contributed by atoms with Crippen LogP contribution in [0.15, 0.2) is 18.2 Å². The molecule has 96 valence electrons. The maximum absolute atomic E-state index is 9.98. The van der Waals surface area contributed by atoms with Crippen LogP contribution in [-0.4, -0.2) is 18.2 Å². The van der Waals surface area contributed by atoms with Crippen molar-refractivity contribution in [1.82, 2.24) is 5.32 Å². The first-order chi connectivity index (χ1) is 8.00. The van der Waals surface area contributed by atoms with E-state index < -0.39 is 6.10 Å². The van der Waals surface area contributed by atoms with Gasteiger partial charge in [-0.1, -0.05) is 26.0 Å². The molecule has 0 aromatic heterocycles. The van der Waals surface area contributed by atoms with Crippen molar-refractivity contribution in [3.63, 3.8) is 0 Å². The van der Waals surface area contributed by atoms with Crippen molar-refractivity contribution in [2.75, 3.05) is 18.8 Å². The van der Waals surface area contributed by atoms with Gasteiger partial charge in [0.15, 0.2) is 0 Å². The van der Waals surface area contributed by atoms with Crippen molar-refractivity contribution < 1.29 is 5.11 Å². The highest BCUT2D eigenvalue weighted by atomic mass is 16.3. The molecular weight excluding hydrogens is 212 g/mol. The zero-order valence-corrected chi connectivity index (χ0v) is 11.0. The van der Waals surface area contributed by atoms with Crippen LogP contribution in [0.5, 0.6) is 0 Å². The van der Waals surface area contributed by atoms with Gasteiger partial charge in [0.05, 0.1) is 6.10 Å². The van der Waals surface area contributed by atoms with Crippen molar-refractivity contribution >= 4 is 5.69 Å². The molecule has 3 heteroatoms. The third kappa shape index (κ3) is 4.75. The van der Waals surface area contributed by atoms with E-state index in [1.165, 1.54) is 0 Å². The number of aryl methyl sites for hydroxylation is 1. The van der Waals surface area contributed by atoms with Crippen molar-refractivity contribution in [3.8, 4) is 0 Å². The molecule has 0 radical (unpaired) electrons. The van der Waals surface area contributed by atoms with Gasteiger partial charge in [0, 0.05) is 12.2 Å². The summed E-state index contributed by atoms with van der Waals surface area (Å²) in [5, 5.41) is 13.2. The molecule has 0 heterocycles. The van der Waals surface area contributed by atoms with Crippen LogP contribution in [0.3, 0.4) is 0 Å². The Balaban J connectivity index is 2.41. The number of hydrogen-bond acceptors (Lipinski definition) is 3. The van der Waals surface area contributed by atoms with Crippen molar-refractivity contribution in [1.29, 1.82) is 0 Å². The normalized spacial score (nSPS) is 13.0. The van der Waals surface area contributed by atoms with Gasteiger partial charge in [-0.3, -0.25) is 0 Å². The largest absolute Gasteiger partial charge is 0.399 e. The van der Waals surface area contributed by atoms with Crippen LogP contribution < -0.4 is 11.1 Å². The Kier molecular flexibility index (Phi) is 5.45. The first-order valence-corrected chi connectivity index (χ1v) is 6.25. The lowest BCUT2D eigenvalue weighted by molar-refractivity contribution is 0.174. The fourth-order valence-electron chi connectivity index (χ4n) is 1.61. The van der Waals surface area contributed by atoms with Gasteiger partial charge in [-0.25, -0.2) is 0 Å². The molecule has 0 aliphatic heterocycles. The van der Waals surface area contributed by atoms with E-state index in [1.807, 2.05) is 25.1 Å². The van der Waals surface area contributed by atoms with Crippen molar-refractivity contribution in [2.45, 2.75) is 33.3 Å². The second-order valence-corrected chi connectivity index (χ2v) is 5.02. The molecule has 0 aliphatic carbocycles. The molecule has 0 bridgehead atoms. The Morgan fingerprint density at radius 3 is 2.65 bits per heavy atom. The van der Waals surface area contributed by atoms with E-state index in [0.717, 1.165) is 29.8 Å². The van der Waals surface area contributed by atoms with Gasteiger partial charge in [0.25, 0.3) is 0 Å². The minimum Gasteiger partial charge on any atom is -0.399 e. The predicted molar refractivity (Wildman–Crippen MR) is 72.9 cm³/mol. The first kappa shape index (κ1) is 14.0. The summed E-state index contributed by atoms with van der Waals surface area (Å²) in [4.78, 5) is 0. The fraction of sp³-hybridized carbons (Fsp3) is 0.571. The zero-order chi connectivity index (χ0) is 12.8. The van der Waals surface area contributed by atoms with E-state index in [9.17, 15) is 5.11 Å². The highest BCUT2D eigenvalue weighted by Gasteiger charge is 2.08. The molecule has 0 aliphatic rings. The van der Waals surface area contributed by atoms with Crippen LogP contribution in [0.2, 0.25) is 0 Å². The molecule has 0 spiro atoms. The number of nitrogen functional groups attached to an aromatic ring is 1. The molecular formula is C14H24N2O. The summed E-state index contributed by atoms with van der Waals surface area (Å²) < 4.78 is 0. The second-order valence-electron chi connectivity index (χ2n) is 5.02. The lowest BCUT2D eigenvalue weighted by atomic mass is 10.1. The maximum atomic E-state index is 9.98. The number of anilines is 1. The highest BCUT2D eigenvalue weighted by Crippen LogP contribution is 2.18. The third-order valence-corrected chi connectivity index (χ3v) is 2.92. The van der Waals surface area contributed by atoms with Crippen LogP contribution in [-0.2, 0) is 0 Å². The summed E-state index contributed by atoms with van der Waals surface area (Å²) >= 11 is 0. The standard InChI is InChI=1S/C14H24N2O/c1-10(2)6-7-16-9-14(17)12-5-4-11(3)13(15)8-12/h4-5,8,10,14,16-17H,6-7,9,15H2,1-3H3. The van der Waals surface area contributed by atoms with Crippen LogP contribution in [0.1, 0.15) is 37.5 Å². The molecule has 1 aromatic carbocycles. The molecule has 1 rings (SSSR count). The Hall–Kier alpha value is -1.06. The monoisotopic (exact) mass is 236 g/mol. The zero-order valence-electron chi connectivity index (χ0n) is 11.0. The molecule has 0 saturated carbocycles. The quantitative estimate of drug-likeness (QED) is 0.524. The van der Waals surface area contributed by atoms with Crippen LogP contribution >= 0.6 is 0 Å². The number of aliphatic hydroxyl groups excluding tert-OH is 1. The van der Waals surface area contributed by atoms with Gasteiger partial charge in [0.1, 0.15) is 0 Å². The van der Waals surface area contributed by atoms with Crippen LogP contribution in [0.25, 0.3) is 0 Å². The Bertz CT molecular complexity index is 350. The minimum absolute atomic E-state index is 0.481. The fourth-order valence-corrected chi connectivity index (χ4v) is 1.61. The summed E-state index contributed by atoms with van der Waals surface area (Å²) in [6, 6.07) is 5.73. The van der Waals surface area contributed by atoms with Gasteiger partial charge in [-0.15, -0.1) is 0 Å². The number of hydrogen-bond donors (Lipinski definition) is 3. The highest BCUT2D eigenvalue weighted by molar-refractivity contribution is 5.48. The summed E-state index contributed by atoms with van der Waals surface area (Å²) in [7, 11) is 0. The topological polar surface area (TPSA) is 58.3 Å². The van der Waals surface area contributed by atoms with E-state index in [4.69, 9.17) is 5.73 Å². The maximum Gasteiger partial charge on any atom is 0.0915 e. The Morgan fingerprint density at radius 1 is 1.35 bits per heavy atom. The molecule has 17 heavy (non-hydrogen) atoms. The number of nitrogens with one attached hydrogen (secondary N) is 1. The average molecular weight is 236 g/mol. The summed E-state index contributed by atoms with van der Waals surface area (Å²) in [5.41, 5.74) is 8.49. The predicted octanol–water partition coefficient (Wildman–Crippen LogP) is 2.25. The molecule has 1 aromatic rings. The van der Waals surface area contributed by atoms with Gasteiger partial charge < -0.3 is 16.2 Å². The third-order valence-electron chi connectivity index (χ3n) is 2.92. The van der Waals surface area contributed by atoms with Crippen LogP contribution in [0.4, 0.5) is 5.69 Å². The smallest absolute Gasteiger partial charge is 0.0915 e. The van der Waals surface area contributed by atoms with Crippen molar-refractivity contribution in [3.05, 3.63) is 29.3 Å². The van der Waals surface area contributed by atoms with Gasteiger partial charge in [-0.2, -0.15) is 0 Å². The molecule has 1 unspecified atom stereocenters. The van der Waals surface area contributed by atoms with E-state index >= 15 is 0 Å². The number of aliphatic hydroxyl groups is 1. The van der Waals surface area contributed by atoms with E-state index in [2.05, 4.69) is 19.2 Å². The van der Waals surface area contributed by atoms with E-state index in [1.54, 1.807) is 0 Å². The SMILES string of the molecule is Cc1ccc(C(O)CNCCC(C)C)cc1N. The van der Waals surface area contributed by atoms with Gasteiger partial charge in [-0.05, 0) is 43.0 Å². The Morgan fingerprint density at radius 2 is 2.06 bits per heavy atom.